The average molecular weight is 268 g/mol. The van der Waals surface area contributed by atoms with E-state index in [1.165, 1.54) is 0 Å². The summed E-state index contributed by atoms with van der Waals surface area (Å²) >= 11 is 0. The molecule has 0 bridgehead atoms. The Hall–Kier alpha value is -1.63. The molecular weight excluding hydrogens is 248 g/mol. The van der Waals surface area contributed by atoms with Gasteiger partial charge in [-0.05, 0) is 29.2 Å². The SMILES string of the molecule is Cc1nc([N+](=O)[O-])c(OC2CCCCCC2N)n1C. The number of rotatable bonds is 3. The highest BCUT2D eigenvalue weighted by molar-refractivity contribution is 5.36. The Morgan fingerprint density at radius 2 is 2.11 bits per heavy atom. The summed E-state index contributed by atoms with van der Waals surface area (Å²) in [5.41, 5.74) is 6.09. The van der Waals surface area contributed by atoms with Gasteiger partial charge in [0.25, 0.3) is 5.88 Å². The van der Waals surface area contributed by atoms with Gasteiger partial charge in [0.2, 0.25) is 5.82 Å². The fourth-order valence-corrected chi connectivity index (χ4v) is 2.42. The molecule has 1 aromatic rings. The van der Waals surface area contributed by atoms with Crippen LogP contribution in [0.3, 0.4) is 0 Å². The molecule has 1 fully saturated rings. The molecule has 2 N–H and O–H groups in total. The monoisotopic (exact) mass is 268 g/mol. The number of nitrogens with zero attached hydrogens (tertiary/aromatic N) is 3. The van der Waals surface area contributed by atoms with Crippen LogP contribution >= 0.6 is 0 Å². The van der Waals surface area contributed by atoms with Crippen molar-refractivity contribution < 1.29 is 9.66 Å². The molecule has 1 saturated carbocycles. The summed E-state index contributed by atoms with van der Waals surface area (Å²) in [5.74, 6) is 0.546. The van der Waals surface area contributed by atoms with Crippen molar-refractivity contribution in [1.82, 2.24) is 9.55 Å². The summed E-state index contributed by atoms with van der Waals surface area (Å²) in [6.45, 7) is 1.72. The van der Waals surface area contributed by atoms with Crippen molar-refractivity contribution in [2.24, 2.45) is 12.8 Å². The lowest BCUT2D eigenvalue weighted by Crippen LogP contribution is -2.38. The van der Waals surface area contributed by atoms with Gasteiger partial charge in [-0.15, -0.1) is 0 Å². The maximum atomic E-state index is 11.0. The summed E-state index contributed by atoms with van der Waals surface area (Å²) < 4.78 is 7.43. The van der Waals surface area contributed by atoms with E-state index in [0.717, 1.165) is 32.1 Å². The highest BCUT2D eigenvalue weighted by atomic mass is 16.6. The summed E-state index contributed by atoms with van der Waals surface area (Å²) in [6.07, 6.45) is 4.84. The molecule has 106 valence electrons. The predicted octanol–water partition coefficient (Wildman–Crippen LogP) is 1.68. The first-order chi connectivity index (χ1) is 9.00. The van der Waals surface area contributed by atoms with Gasteiger partial charge in [0.1, 0.15) is 6.10 Å². The van der Waals surface area contributed by atoms with Crippen molar-refractivity contribution >= 4 is 5.82 Å². The van der Waals surface area contributed by atoms with Gasteiger partial charge >= 0.3 is 5.82 Å². The second kappa shape index (κ2) is 5.56. The minimum atomic E-state index is -0.509. The molecule has 0 aliphatic heterocycles. The first-order valence-corrected chi connectivity index (χ1v) is 6.60. The molecular formula is C12H20N4O3. The van der Waals surface area contributed by atoms with Gasteiger partial charge in [0.15, 0.2) is 0 Å². The van der Waals surface area contributed by atoms with E-state index >= 15 is 0 Å². The quantitative estimate of drug-likeness (QED) is 0.511. The molecule has 0 radical (unpaired) electrons. The molecule has 0 aromatic carbocycles. The van der Waals surface area contributed by atoms with Gasteiger partial charge < -0.3 is 20.6 Å². The number of nitrogens with two attached hydrogens (primary N) is 1. The number of imidazole rings is 1. The number of aromatic nitrogens is 2. The van der Waals surface area contributed by atoms with Gasteiger partial charge in [-0.2, -0.15) is 0 Å². The molecule has 2 unspecified atom stereocenters. The van der Waals surface area contributed by atoms with Crippen molar-refractivity contribution in [3.8, 4) is 5.88 Å². The fraction of sp³-hybridized carbons (Fsp3) is 0.750. The summed E-state index contributed by atoms with van der Waals surface area (Å²) in [7, 11) is 1.72. The van der Waals surface area contributed by atoms with E-state index in [1.54, 1.807) is 18.5 Å². The Morgan fingerprint density at radius 1 is 1.42 bits per heavy atom. The molecule has 1 aromatic heterocycles. The third-order valence-corrected chi connectivity index (χ3v) is 3.69. The van der Waals surface area contributed by atoms with Crippen LogP contribution in [0.5, 0.6) is 5.88 Å². The van der Waals surface area contributed by atoms with Crippen LogP contribution in [0, 0.1) is 17.0 Å². The molecule has 2 atom stereocenters. The van der Waals surface area contributed by atoms with E-state index in [1.807, 2.05) is 0 Å². The number of aryl methyl sites for hydroxylation is 1. The van der Waals surface area contributed by atoms with Crippen molar-refractivity contribution in [1.29, 1.82) is 0 Å². The van der Waals surface area contributed by atoms with E-state index in [4.69, 9.17) is 10.5 Å². The molecule has 0 amide bonds. The Bertz CT molecular complexity index is 472. The smallest absolute Gasteiger partial charge is 0.426 e. The lowest BCUT2D eigenvalue weighted by Gasteiger charge is -2.22. The van der Waals surface area contributed by atoms with Crippen molar-refractivity contribution in [2.75, 3.05) is 0 Å². The minimum absolute atomic E-state index is 0.0719. The fourth-order valence-electron chi connectivity index (χ4n) is 2.42. The molecule has 0 saturated heterocycles. The van der Waals surface area contributed by atoms with Gasteiger partial charge in [-0.3, -0.25) is 4.57 Å². The number of ether oxygens (including phenoxy) is 1. The molecule has 1 aliphatic carbocycles. The van der Waals surface area contributed by atoms with Crippen LogP contribution in [-0.4, -0.2) is 26.6 Å². The largest absolute Gasteiger partial charge is 0.468 e. The van der Waals surface area contributed by atoms with Gasteiger partial charge in [-0.25, -0.2) is 0 Å². The number of hydrogen-bond donors (Lipinski definition) is 1. The van der Waals surface area contributed by atoms with Crippen LogP contribution in [0.2, 0.25) is 0 Å². The zero-order valence-corrected chi connectivity index (χ0v) is 11.3. The molecule has 19 heavy (non-hydrogen) atoms. The molecule has 2 rings (SSSR count). The summed E-state index contributed by atoms with van der Waals surface area (Å²) in [4.78, 5) is 14.4. The normalized spacial score (nSPS) is 23.9. The van der Waals surface area contributed by atoms with Gasteiger partial charge in [0.05, 0.1) is 0 Å². The first kappa shape index (κ1) is 13.8. The predicted molar refractivity (Wildman–Crippen MR) is 70.1 cm³/mol. The van der Waals surface area contributed by atoms with Crippen LogP contribution in [-0.2, 0) is 7.05 Å². The summed E-state index contributed by atoms with van der Waals surface area (Å²) in [5, 5.41) is 11.0. The van der Waals surface area contributed by atoms with Crippen LogP contribution < -0.4 is 10.5 Å². The molecule has 7 nitrogen and oxygen atoms in total. The van der Waals surface area contributed by atoms with E-state index < -0.39 is 4.92 Å². The third-order valence-electron chi connectivity index (χ3n) is 3.69. The minimum Gasteiger partial charge on any atom is -0.468 e. The third kappa shape index (κ3) is 2.86. The van der Waals surface area contributed by atoms with Gasteiger partial charge in [0, 0.05) is 20.0 Å². The standard InChI is InChI=1S/C12H20N4O3/c1-8-14-11(16(17)18)12(15(8)2)19-10-7-5-3-4-6-9(10)13/h9-10H,3-7,13H2,1-2H3. The van der Waals surface area contributed by atoms with Crippen LogP contribution in [0.25, 0.3) is 0 Å². The Kier molecular flexibility index (Phi) is 4.04. The van der Waals surface area contributed by atoms with E-state index in [-0.39, 0.29) is 23.8 Å². The van der Waals surface area contributed by atoms with E-state index in [2.05, 4.69) is 4.98 Å². The number of nitro groups is 1. The molecule has 0 spiro atoms. The molecule has 1 aliphatic rings. The zero-order chi connectivity index (χ0) is 14.0. The topological polar surface area (TPSA) is 96.2 Å². The van der Waals surface area contributed by atoms with Crippen molar-refractivity contribution in [3.63, 3.8) is 0 Å². The van der Waals surface area contributed by atoms with E-state index in [0.29, 0.717) is 5.82 Å². The van der Waals surface area contributed by atoms with Crippen molar-refractivity contribution in [3.05, 3.63) is 15.9 Å². The van der Waals surface area contributed by atoms with Crippen LogP contribution in [0.15, 0.2) is 0 Å². The Morgan fingerprint density at radius 3 is 2.79 bits per heavy atom. The lowest BCUT2D eigenvalue weighted by atomic mass is 10.1. The second-order valence-corrected chi connectivity index (χ2v) is 5.06. The number of hydrogen-bond acceptors (Lipinski definition) is 5. The second-order valence-electron chi connectivity index (χ2n) is 5.06. The van der Waals surface area contributed by atoms with Crippen molar-refractivity contribution in [2.45, 2.75) is 51.2 Å². The highest BCUT2D eigenvalue weighted by Crippen LogP contribution is 2.30. The Balaban J connectivity index is 2.24. The maximum Gasteiger partial charge on any atom is 0.426 e. The van der Waals surface area contributed by atoms with Gasteiger partial charge in [-0.1, -0.05) is 12.8 Å². The Labute approximate surface area is 111 Å². The maximum absolute atomic E-state index is 11.0. The van der Waals surface area contributed by atoms with Crippen LogP contribution in [0.4, 0.5) is 5.82 Å². The first-order valence-electron chi connectivity index (χ1n) is 6.60. The highest BCUT2D eigenvalue weighted by Gasteiger charge is 2.30. The van der Waals surface area contributed by atoms with E-state index in [9.17, 15) is 10.1 Å². The average Bonchev–Trinajstić information content (AvgIpc) is 2.52. The molecule has 1 heterocycles. The molecule has 7 heteroatoms. The van der Waals surface area contributed by atoms with Crippen LogP contribution in [0.1, 0.15) is 37.9 Å². The lowest BCUT2D eigenvalue weighted by molar-refractivity contribution is -0.390. The summed E-state index contributed by atoms with van der Waals surface area (Å²) in [6, 6.07) is -0.0719. The zero-order valence-electron chi connectivity index (χ0n) is 11.3.